The predicted molar refractivity (Wildman–Crippen MR) is 118 cm³/mol. The number of carbonyl (C=O) groups is 1. The minimum absolute atomic E-state index is 0.0211. The molecule has 1 amide bonds. The van der Waals surface area contributed by atoms with Gasteiger partial charge in [-0.05, 0) is 52.2 Å². The van der Waals surface area contributed by atoms with E-state index in [9.17, 15) is 4.79 Å². The molecule has 0 aromatic heterocycles. The van der Waals surface area contributed by atoms with Crippen LogP contribution in [0.1, 0.15) is 11.1 Å². The van der Waals surface area contributed by atoms with Crippen molar-refractivity contribution in [3.63, 3.8) is 0 Å². The fourth-order valence-corrected chi connectivity index (χ4v) is 3.65. The first-order valence-electron chi connectivity index (χ1n) is 9.16. The molecule has 29 heavy (non-hydrogen) atoms. The summed E-state index contributed by atoms with van der Waals surface area (Å²) in [5.74, 6) is 2.08. The first-order chi connectivity index (χ1) is 13.9. The molecule has 3 aromatic rings. The van der Waals surface area contributed by atoms with E-state index in [2.05, 4.69) is 28.1 Å². The Morgan fingerprint density at radius 2 is 1.55 bits per heavy atom. The van der Waals surface area contributed by atoms with Gasteiger partial charge in [0, 0.05) is 18.1 Å². The van der Waals surface area contributed by atoms with Gasteiger partial charge in [-0.25, -0.2) is 0 Å². The normalized spacial score (nSPS) is 10.7. The van der Waals surface area contributed by atoms with Gasteiger partial charge in [-0.2, -0.15) is 0 Å². The molecule has 3 rings (SSSR count). The molecule has 0 fully saturated rings. The lowest BCUT2D eigenvalue weighted by atomic mass is 10.1. The number of likely N-dealkylation sites (N-methyl/N-ethyl adjacent to an activating group) is 1. The Morgan fingerprint density at radius 1 is 0.897 bits per heavy atom. The summed E-state index contributed by atoms with van der Waals surface area (Å²) in [6.45, 7) is 0.533. The van der Waals surface area contributed by atoms with Crippen molar-refractivity contribution in [3.05, 3.63) is 64.1 Å². The van der Waals surface area contributed by atoms with Crippen LogP contribution in [0.15, 0.2) is 53.0 Å². The molecule has 0 aliphatic heterocycles. The van der Waals surface area contributed by atoms with E-state index in [4.69, 9.17) is 14.2 Å². The second-order valence-electron chi connectivity index (χ2n) is 6.77. The third-order valence-corrected chi connectivity index (χ3v) is 5.59. The summed E-state index contributed by atoms with van der Waals surface area (Å²) < 4.78 is 16.7. The van der Waals surface area contributed by atoms with Crippen LogP contribution in [0.4, 0.5) is 0 Å². The lowest BCUT2D eigenvalue weighted by Crippen LogP contribution is -2.27. The second-order valence-corrected chi connectivity index (χ2v) is 7.63. The Hall–Kier alpha value is -2.73. The Kier molecular flexibility index (Phi) is 6.64. The summed E-state index contributed by atoms with van der Waals surface area (Å²) in [5, 5.41) is 2.23. The van der Waals surface area contributed by atoms with Crippen molar-refractivity contribution >= 4 is 32.6 Å². The van der Waals surface area contributed by atoms with Crippen LogP contribution >= 0.6 is 15.9 Å². The van der Waals surface area contributed by atoms with Gasteiger partial charge in [-0.15, -0.1) is 0 Å². The number of hydrogen-bond acceptors (Lipinski definition) is 4. The van der Waals surface area contributed by atoms with Crippen LogP contribution in [0.25, 0.3) is 10.8 Å². The fraction of sp³-hybridized carbons (Fsp3) is 0.261. The largest absolute Gasteiger partial charge is 0.497 e. The zero-order chi connectivity index (χ0) is 21.0. The number of benzene rings is 3. The van der Waals surface area contributed by atoms with Crippen molar-refractivity contribution in [1.82, 2.24) is 4.90 Å². The summed E-state index contributed by atoms with van der Waals surface area (Å²) in [5.41, 5.74) is 1.93. The number of nitrogens with zero attached hydrogens (tertiary/aromatic N) is 1. The molecule has 0 bridgehead atoms. The standard InChI is InChI=1S/C23H24BrNO4/c1-25(14-15-5-6-17-10-19(27-2)8-7-16(17)9-15)23(26)12-18-11-21(28-3)22(29-4)13-20(18)24/h5-11,13H,12,14H2,1-4H3. The van der Waals surface area contributed by atoms with E-state index >= 15 is 0 Å². The van der Waals surface area contributed by atoms with Crippen LogP contribution in [-0.4, -0.2) is 39.2 Å². The van der Waals surface area contributed by atoms with Gasteiger partial charge in [-0.3, -0.25) is 4.79 Å². The molecule has 0 spiro atoms. The number of methoxy groups -OCH3 is 3. The highest BCUT2D eigenvalue weighted by Gasteiger charge is 2.16. The lowest BCUT2D eigenvalue weighted by molar-refractivity contribution is -0.129. The zero-order valence-corrected chi connectivity index (χ0v) is 18.6. The van der Waals surface area contributed by atoms with Crippen LogP contribution in [0, 0.1) is 0 Å². The zero-order valence-electron chi connectivity index (χ0n) is 17.0. The molecule has 6 heteroatoms. The van der Waals surface area contributed by atoms with Crippen molar-refractivity contribution in [1.29, 1.82) is 0 Å². The van der Waals surface area contributed by atoms with Gasteiger partial charge in [0.05, 0.1) is 27.8 Å². The highest BCUT2D eigenvalue weighted by atomic mass is 79.9. The van der Waals surface area contributed by atoms with Crippen LogP contribution in [0.3, 0.4) is 0 Å². The summed E-state index contributed by atoms with van der Waals surface area (Å²) in [6, 6.07) is 15.8. The Balaban J connectivity index is 1.73. The number of amides is 1. The van der Waals surface area contributed by atoms with Gasteiger partial charge in [-0.1, -0.05) is 34.1 Å². The third-order valence-electron chi connectivity index (χ3n) is 4.85. The topological polar surface area (TPSA) is 48.0 Å². The second kappa shape index (κ2) is 9.18. The molecule has 0 heterocycles. The van der Waals surface area contributed by atoms with E-state index in [1.54, 1.807) is 26.2 Å². The van der Waals surface area contributed by atoms with Crippen molar-refractivity contribution in [2.75, 3.05) is 28.4 Å². The number of hydrogen-bond donors (Lipinski definition) is 0. The fourth-order valence-electron chi connectivity index (χ4n) is 3.19. The molecule has 5 nitrogen and oxygen atoms in total. The van der Waals surface area contributed by atoms with Gasteiger partial charge in [0.2, 0.25) is 5.91 Å². The number of fused-ring (bicyclic) bond motifs is 1. The van der Waals surface area contributed by atoms with E-state index in [1.165, 1.54) is 0 Å². The molecule has 0 atom stereocenters. The predicted octanol–water partition coefficient (Wildman–Crippen LogP) is 4.83. The van der Waals surface area contributed by atoms with Crippen LogP contribution in [-0.2, 0) is 17.8 Å². The number of carbonyl (C=O) groups excluding carboxylic acids is 1. The smallest absolute Gasteiger partial charge is 0.227 e. The maximum atomic E-state index is 12.8. The molecule has 0 saturated carbocycles. The van der Waals surface area contributed by atoms with Gasteiger partial charge in [0.15, 0.2) is 11.5 Å². The summed E-state index contributed by atoms with van der Waals surface area (Å²) in [4.78, 5) is 14.5. The highest BCUT2D eigenvalue weighted by molar-refractivity contribution is 9.10. The minimum Gasteiger partial charge on any atom is -0.497 e. The number of rotatable bonds is 7. The molecule has 152 valence electrons. The van der Waals surface area contributed by atoms with Gasteiger partial charge in [0.1, 0.15) is 5.75 Å². The summed E-state index contributed by atoms with van der Waals surface area (Å²) in [7, 11) is 6.64. The van der Waals surface area contributed by atoms with Crippen molar-refractivity contribution in [2.45, 2.75) is 13.0 Å². The molecule has 0 saturated heterocycles. The van der Waals surface area contributed by atoms with Crippen molar-refractivity contribution in [2.24, 2.45) is 0 Å². The SMILES string of the molecule is COc1ccc2cc(CN(C)C(=O)Cc3cc(OC)c(OC)cc3Br)ccc2c1. The summed E-state index contributed by atoms with van der Waals surface area (Å²) >= 11 is 3.52. The Labute approximate surface area is 179 Å². The van der Waals surface area contributed by atoms with E-state index in [-0.39, 0.29) is 12.3 Å². The van der Waals surface area contributed by atoms with Crippen molar-refractivity contribution in [3.8, 4) is 17.2 Å². The molecule has 0 N–H and O–H groups in total. The van der Waals surface area contributed by atoms with Gasteiger partial charge < -0.3 is 19.1 Å². The quantitative estimate of drug-likeness (QED) is 0.509. The number of halogens is 1. The molecule has 0 aliphatic rings. The molecule has 0 unspecified atom stereocenters. The first-order valence-corrected chi connectivity index (χ1v) is 9.95. The minimum atomic E-state index is 0.0211. The summed E-state index contributed by atoms with van der Waals surface area (Å²) in [6.07, 6.45) is 0.266. The van der Waals surface area contributed by atoms with Gasteiger partial charge in [0.25, 0.3) is 0 Å². The maximum Gasteiger partial charge on any atom is 0.227 e. The molecule has 3 aromatic carbocycles. The third kappa shape index (κ3) is 4.82. The maximum absolute atomic E-state index is 12.8. The van der Waals surface area contributed by atoms with E-state index < -0.39 is 0 Å². The highest BCUT2D eigenvalue weighted by Crippen LogP contribution is 2.33. The van der Waals surface area contributed by atoms with Crippen molar-refractivity contribution < 1.29 is 19.0 Å². The van der Waals surface area contributed by atoms with Crippen LogP contribution in [0.2, 0.25) is 0 Å². The molecule has 0 radical (unpaired) electrons. The van der Waals surface area contributed by atoms with E-state index in [0.717, 1.165) is 32.1 Å². The number of ether oxygens (including phenoxy) is 3. The average Bonchev–Trinajstić information content (AvgIpc) is 2.74. The van der Waals surface area contributed by atoms with Crippen LogP contribution in [0.5, 0.6) is 17.2 Å². The lowest BCUT2D eigenvalue weighted by Gasteiger charge is -2.19. The van der Waals surface area contributed by atoms with Gasteiger partial charge >= 0.3 is 0 Å². The van der Waals surface area contributed by atoms with E-state index in [0.29, 0.717) is 18.0 Å². The Bertz CT molecular complexity index is 1030. The van der Waals surface area contributed by atoms with E-state index in [1.807, 2.05) is 43.4 Å². The molecular formula is C23H24BrNO4. The Morgan fingerprint density at radius 3 is 2.24 bits per heavy atom. The molecular weight excluding hydrogens is 434 g/mol. The monoisotopic (exact) mass is 457 g/mol. The first kappa shape index (κ1) is 21.0. The van der Waals surface area contributed by atoms with Crippen LogP contribution < -0.4 is 14.2 Å². The molecule has 0 aliphatic carbocycles. The average molecular weight is 458 g/mol.